The third-order valence-corrected chi connectivity index (χ3v) is 5.05. The Balaban J connectivity index is 1.85. The summed E-state index contributed by atoms with van der Waals surface area (Å²) < 4.78 is 1.90. The lowest BCUT2D eigenvalue weighted by Crippen LogP contribution is -2.33. The minimum atomic E-state index is -0.194. The van der Waals surface area contributed by atoms with Crippen molar-refractivity contribution in [1.29, 1.82) is 0 Å². The van der Waals surface area contributed by atoms with Crippen LogP contribution in [-0.2, 0) is 13.5 Å². The summed E-state index contributed by atoms with van der Waals surface area (Å²) in [5.41, 5.74) is 1.22. The Morgan fingerprint density at radius 1 is 1.69 bits per heavy atom. The van der Waals surface area contributed by atoms with Crippen molar-refractivity contribution in [2.75, 3.05) is 5.75 Å². The van der Waals surface area contributed by atoms with Gasteiger partial charge in [0.2, 0.25) is 0 Å². The van der Waals surface area contributed by atoms with Gasteiger partial charge in [0.05, 0.1) is 12.3 Å². The van der Waals surface area contributed by atoms with Gasteiger partial charge in [-0.2, -0.15) is 16.9 Å². The van der Waals surface area contributed by atoms with E-state index in [2.05, 4.69) is 12.0 Å². The van der Waals surface area contributed by atoms with Crippen LogP contribution < -0.4 is 0 Å². The van der Waals surface area contributed by atoms with Crippen molar-refractivity contribution in [1.82, 2.24) is 9.78 Å². The van der Waals surface area contributed by atoms with Crippen molar-refractivity contribution in [3.05, 3.63) is 18.0 Å². The van der Waals surface area contributed by atoms with Gasteiger partial charge in [-0.15, -0.1) is 0 Å². The molecule has 0 bridgehead atoms. The summed E-state index contributed by atoms with van der Waals surface area (Å²) in [4.78, 5) is 0. The predicted octanol–water partition coefficient (Wildman–Crippen LogP) is 2.00. The molecule has 1 fully saturated rings. The highest BCUT2D eigenvalue weighted by Crippen LogP contribution is 2.41. The smallest absolute Gasteiger partial charge is 0.0687 e. The molecule has 1 aromatic heterocycles. The molecule has 1 aliphatic rings. The monoisotopic (exact) mass is 240 g/mol. The summed E-state index contributed by atoms with van der Waals surface area (Å²) in [7, 11) is 1.92. The van der Waals surface area contributed by atoms with Crippen molar-refractivity contribution < 1.29 is 5.11 Å². The van der Waals surface area contributed by atoms with E-state index in [-0.39, 0.29) is 10.9 Å². The fraction of sp³-hybridized carbons (Fsp3) is 0.750. The van der Waals surface area contributed by atoms with E-state index in [0.29, 0.717) is 0 Å². The van der Waals surface area contributed by atoms with Crippen molar-refractivity contribution in [3.63, 3.8) is 0 Å². The number of aliphatic hydroxyl groups is 1. The van der Waals surface area contributed by atoms with Crippen LogP contribution in [0.15, 0.2) is 12.4 Å². The molecule has 2 rings (SSSR count). The van der Waals surface area contributed by atoms with Crippen LogP contribution in [0.5, 0.6) is 0 Å². The van der Waals surface area contributed by atoms with Crippen LogP contribution in [0.4, 0.5) is 0 Å². The quantitative estimate of drug-likeness (QED) is 0.875. The average Bonchev–Trinajstić information content (AvgIpc) is 2.85. The summed E-state index contributed by atoms with van der Waals surface area (Å²) in [6.07, 6.45) is 7.87. The predicted molar refractivity (Wildman–Crippen MR) is 67.6 cm³/mol. The molecule has 2 unspecified atom stereocenters. The van der Waals surface area contributed by atoms with E-state index in [4.69, 9.17) is 0 Å². The van der Waals surface area contributed by atoms with E-state index >= 15 is 0 Å². The molecule has 1 N–H and O–H groups in total. The highest BCUT2D eigenvalue weighted by molar-refractivity contribution is 8.00. The maximum absolute atomic E-state index is 10.2. The number of aryl methyl sites for hydroxylation is 2. The molecule has 90 valence electrons. The molecule has 2 atom stereocenters. The largest absolute Gasteiger partial charge is 0.392 e. The first-order valence-electron chi connectivity index (χ1n) is 5.90. The zero-order valence-corrected chi connectivity index (χ0v) is 10.8. The van der Waals surface area contributed by atoms with E-state index < -0.39 is 0 Å². The van der Waals surface area contributed by atoms with Gasteiger partial charge in [0, 0.05) is 18.0 Å². The van der Waals surface area contributed by atoms with Crippen LogP contribution in [0.2, 0.25) is 0 Å². The van der Waals surface area contributed by atoms with Crippen LogP contribution in [0.3, 0.4) is 0 Å². The molecule has 1 saturated heterocycles. The summed E-state index contributed by atoms with van der Waals surface area (Å²) in [6.45, 7) is 2.19. The maximum Gasteiger partial charge on any atom is 0.0687 e. The van der Waals surface area contributed by atoms with Gasteiger partial charge < -0.3 is 5.11 Å². The maximum atomic E-state index is 10.2. The first-order valence-corrected chi connectivity index (χ1v) is 6.88. The molecule has 0 amide bonds. The van der Waals surface area contributed by atoms with Gasteiger partial charge in [-0.25, -0.2) is 0 Å². The molecule has 4 heteroatoms. The van der Waals surface area contributed by atoms with E-state index in [0.717, 1.165) is 19.3 Å². The molecule has 0 aliphatic carbocycles. The first-order chi connectivity index (χ1) is 7.60. The molecule has 1 aromatic rings. The molecule has 2 heterocycles. The SMILES string of the molecule is Cn1cc(CCC(O)C2(C)CCCS2)cn1. The molecule has 3 nitrogen and oxygen atoms in total. The molecule has 0 saturated carbocycles. The number of hydrogen-bond acceptors (Lipinski definition) is 3. The lowest BCUT2D eigenvalue weighted by molar-refractivity contribution is 0.124. The van der Waals surface area contributed by atoms with E-state index in [9.17, 15) is 5.11 Å². The number of nitrogens with zero attached hydrogens (tertiary/aromatic N) is 2. The number of aromatic nitrogens is 2. The molecule has 0 aromatic carbocycles. The van der Waals surface area contributed by atoms with Crippen molar-refractivity contribution in [2.24, 2.45) is 7.05 Å². The minimum absolute atomic E-state index is 0.0855. The first kappa shape index (κ1) is 12.0. The molecule has 0 spiro atoms. The van der Waals surface area contributed by atoms with Gasteiger partial charge in [-0.3, -0.25) is 4.68 Å². The second kappa shape index (κ2) is 4.80. The molecule has 16 heavy (non-hydrogen) atoms. The summed E-state index contributed by atoms with van der Waals surface area (Å²) >= 11 is 1.92. The van der Waals surface area contributed by atoms with Gasteiger partial charge in [0.1, 0.15) is 0 Å². The Bertz CT molecular complexity index is 345. The Morgan fingerprint density at radius 2 is 2.50 bits per heavy atom. The Hall–Kier alpha value is -0.480. The molecular formula is C12H20N2OS. The Morgan fingerprint density at radius 3 is 3.06 bits per heavy atom. The van der Waals surface area contributed by atoms with Gasteiger partial charge in [-0.1, -0.05) is 0 Å². The lowest BCUT2D eigenvalue weighted by Gasteiger charge is -2.28. The second-order valence-corrected chi connectivity index (χ2v) is 6.47. The standard InChI is InChI=1S/C12H20N2OS/c1-12(6-3-7-16-12)11(15)5-4-10-8-13-14(2)9-10/h8-9,11,15H,3-7H2,1-2H3. The fourth-order valence-corrected chi connectivity index (χ4v) is 3.63. The topological polar surface area (TPSA) is 38.0 Å². The zero-order chi connectivity index (χ0) is 11.6. The van der Waals surface area contributed by atoms with E-state index in [1.54, 1.807) is 0 Å². The van der Waals surface area contributed by atoms with E-state index in [1.165, 1.54) is 17.7 Å². The van der Waals surface area contributed by atoms with Gasteiger partial charge >= 0.3 is 0 Å². The number of thioether (sulfide) groups is 1. The second-order valence-electron chi connectivity index (χ2n) is 4.84. The van der Waals surface area contributed by atoms with Crippen LogP contribution in [0.25, 0.3) is 0 Å². The van der Waals surface area contributed by atoms with Crippen molar-refractivity contribution in [2.45, 2.75) is 43.5 Å². The van der Waals surface area contributed by atoms with Crippen LogP contribution in [-0.4, -0.2) is 31.5 Å². The highest BCUT2D eigenvalue weighted by Gasteiger charge is 2.36. The lowest BCUT2D eigenvalue weighted by atomic mass is 9.94. The number of hydrogen-bond donors (Lipinski definition) is 1. The molecule has 1 aliphatic heterocycles. The molecular weight excluding hydrogens is 220 g/mol. The van der Waals surface area contributed by atoms with Crippen LogP contribution in [0.1, 0.15) is 31.7 Å². The third-order valence-electron chi connectivity index (χ3n) is 3.42. The van der Waals surface area contributed by atoms with Gasteiger partial charge in [0.25, 0.3) is 0 Å². The van der Waals surface area contributed by atoms with Crippen LogP contribution >= 0.6 is 11.8 Å². The Labute approximate surface area is 101 Å². The Kier molecular flexibility index (Phi) is 3.60. The minimum Gasteiger partial charge on any atom is -0.392 e. The summed E-state index contributed by atoms with van der Waals surface area (Å²) in [5, 5.41) is 14.4. The third kappa shape index (κ3) is 2.61. The van der Waals surface area contributed by atoms with Crippen molar-refractivity contribution in [3.8, 4) is 0 Å². The average molecular weight is 240 g/mol. The van der Waals surface area contributed by atoms with E-state index in [1.807, 2.05) is 35.9 Å². The van der Waals surface area contributed by atoms with Gasteiger partial charge in [-0.05, 0) is 43.9 Å². The highest BCUT2D eigenvalue weighted by atomic mass is 32.2. The fourth-order valence-electron chi connectivity index (χ4n) is 2.27. The normalized spacial score (nSPS) is 27.2. The summed E-state index contributed by atoms with van der Waals surface area (Å²) in [6, 6.07) is 0. The van der Waals surface area contributed by atoms with Crippen LogP contribution in [0, 0.1) is 0 Å². The van der Waals surface area contributed by atoms with Crippen molar-refractivity contribution >= 4 is 11.8 Å². The summed E-state index contributed by atoms with van der Waals surface area (Å²) in [5.74, 6) is 1.19. The van der Waals surface area contributed by atoms with Gasteiger partial charge in [0.15, 0.2) is 0 Å². The molecule has 0 radical (unpaired) electrons. The number of rotatable bonds is 4. The zero-order valence-electron chi connectivity index (χ0n) is 10.0. The number of aliphatic hydroxyl groups excluding tert-OH is 1.